The average Bonchev–Trinajstić information content (AvgIpc) is 2.96. The van der Waals surface area contributed by atoms with Crippen LogP contribution < -0.4 is 0 Å². The first kappa shape index (κ1) is 15.7. The zero-order valence-electron chi connectivity index (χ0n) is 11.8. The monoisotopic (exact) mass is 318 g/mol. The predicted octanol–water partition coefficient (Wildman–Crippen LogP) is 3.92. The van der Waals surface area contributed by atoms with E-state index in [0.29, 0.717) is 18.4 Å². The number of hydrogen-bond donors (Lipinski definition) is 1. The lowest BCUT2D eigenvalue weighted by molar-refractivity contribution is -0.396. The number of hydrogen-bond acceptors (Lipinski definition) is 4. The van der Waals surface area contributed by atoms with E-state index in [1.54, 1.807) is 12.1 Å². The minimum Gasteiger partial charge on any atom is -0.342 e. The normalized spacial score (nSPS) is 27.1. The fraction of sp³-hybridized carbons (Fsp3) is 0.600. The molecular formula is C15H17F3O4. The van der Waals surface area contributed by atoms with Crippen molar-refractivity contribution in [1.29, 1.82) is 0 Å². The number of rotatable bonds is 3. The van der Waals surface area contributed by atoms with Crippen molar-refractivity contribution in [2.24, 2.45) is 0 Å². The third-order valence-corrected chi connectivity index (χ3v) is 4.44. The van der Waals surface area contributed by atoms with Gasteiger partial charge in [-0.1, -0.05) is 37.1 Å². The molecule has 1 saturated carbocycles. The van der Waals surface area contributed by atoms with E-state index in [-0.39, 0.29) is 0 Å². The highest BCUT2D eigenvalue weighted by Gasteiger charge is 2.51. The Morgan fingerprint density at radius 1 is 1.23 bits per heavy atom. The summed E-state index contributed by atoms with van der Waals surface area (Å²) in [4.78, 5) is 4.30. The van der Waals surface area contributed by atoms with E-state index in [9.17, 15) is 13.2 Å². The highest BCUT2D eigenvalue weighted by atomic mass is 19.4. The van der Waals surface area contributed by atoms with Crippen molar-refractivity contribution in [3.63, 3.8) is 0 Å². The fourth-order valence-corrected chi connectivity index (χ4v) is 3.56. The van der Waals surface area contributed by atoms with Crippen LogP contribution in [-0.2, 0) is 19.8 Å². The molecule has 1 aliphatic heterocycles. The van der Waals surface area contributed by atoms with Gasteiger partial charge in [0.05, 0.1) is 0 Å². The molecule has 122 valence electrons. The zero-order chi connectivity index (χ0) is 15.8. The van der Waals surface area contributed by atoms with Gasteiger partial charge in [0.15, 0.2) is 6.29 Å². The Morgan fingerprint density at radius 3 is 2.55 bits per heavy atom. The van der Waals surface area contributed by atoms with E-state index in [1.165, 1.54) is 0 Å². The summed E-state index contributed by atoms with van der Waals surface area (Å²) in [5.74, 6) is 0. The van der Waals surface area contributed by atoms with Crippen LogP contribution in [0.3, 0.4) is 0 Å². The van der Waals surface area contributed by atoms with Gasteiger partial charge in [-0.25, -0.2) is 10.1 Å². The Labute approximate surface area is 125 Å². The van der Waals surface area contributed by atoms with Crippen LogP contribution in [0.15, 0.2) is 24.3 Å². The van der Waals surface area contributed by atoms with Gasteiger partial charge in [0.2, 0.25) is 6.29 Å². The molecule has 2 atom stereocenters. The lowest BCUT2D eigenvalue weighted by Gasteiger charge is -2.44. The van der Waals surface area contributed by atoms with Crippen LogP contribution in [0, 0.1) is 0 Å². The van der Waals surface area contributed by atoms with Crippen molar-refractivity contribution in [3.05, 3.63) is 35.4 Å². The Hall–Kier alpha value is -1.15. The van der Waals surface area contributed by atoms with Crippen molar-refractivity contribution < 1.29 is 32.8 Å². The van der Waals surface area contributed by atoms with Gasteiger partial charge in [0.1, 0.15) is 6.61 Å². The van der Waals surface area contributed by atoms with Gasteiger partial charge in [-0.15, -0.1) is 0 Å². The van der Waals surface area contributed by atoms with Crippen LogP contribution in [0.4, 0.5) is 13.2 Å². The van der Waals surface area contributed by atoms with Crippen LogP contribution in [-0.4, -0.2) is 24.3 Å². The maximum Gasteiger partial charge on any atom is 0.411 e. The summed E-state index contributed by atoms with van der Waals surface area (Å²) >= 11 is 0. The topological polar surface area (TPSA) is 47.9 Å². The van der Waals surface area contributed by atoms with Gasteiger partial charge in [0, 0.05) is 11.0 Å². The lowest BCUT2D eigenvalue weighted by atomic mass is 9.74. The first-order valence-electron chi connectivity index (χ1n) is 7.20. The average molecular weight is 318 g/mol. The zero-order valence-corrected chi connectivity index (χ0v) is 11.8. The molecule has 7 heteroatoms. The highest BCUT2D eigenvalue weighted by Crippen LogP contribution is 2.52. The molecule has 22 heavy (non-hydrogen) atoms. The molecular weight excluding hydrogens is 301 g/mol. The highest BCUT2D eigenvalue weighted by molar-refractivity contribution is 5.38. The molecule has 1 N–H and O–H groups in total. The SMILES string of the molecule is OOC1OC(OCC(F)(F)F)C2(CCCC2)c2ccccc21. The standard InChI is InChI=1S/C15H17F3O4/c16-15(17,18)9-20-13-14(7-3-4-8-14)11-6-2-1-5-10(11)12(21-13)22-19/h1-2,5-6,12-13,19H,3-4,7-9H2. The quantitative estimate of drug-likeness (QED) is 0.678. The summed E-state index contributed by atoms with van der Waals surface area (Å²) in [5.41, 5.74) is 0.861. The van der Waals surface area contributed by atoms with E-state index in [1.807, 2.05) is 12.1 Å². The number of benzene rings is 1. The largest absolute Gasteiger partial charge is 0.411 e. The molecule has 1 aliphatic carbocycles. The van der Waals surface area contributed by atoms with E-state index in [0.717, 1.165) is 18.4 Å². The fourth-order valence-electron chi connectivity index (χ4n) is 3.56. The maximum atomic E-state index is 12.5. The van der Waals surface area contributed by atoms with Crippen LogP contribution in [0.25, 0.3) is 0 Å². The number of alkyl halides is 3. The summed E-state index contributed by atoms with van der Waals surface area (Å²) in [7, 11) is 0. The summed E-state index contributed by atoms with van der Waals surface area (Å²) in [6, 6.07) is 7.18. The second kappa shape index (κ2) is 5.81. The van der Waals surface area contributed by atoms with Crippen molar-refractivity contribution in [3.8, 4) is 0 Å². The van der Waals surface area contributed by atoms with Crippen molar-refractivity contribution in [1.82, 2.24) is 0 Å². The molecule has 0 saturated heterocycles. The van der Waals surface area contributed by atoms with Crippen LogP contribution in [0.5, 0.6) is 0 Å². The first-order valence-corrected chi connectivity index (χ1v) is 7.20. The summed E-state index contributed by atoms with van der Waals surface area (Å²) in [6.07, 6.45) is -3.50. The molecule has 0 bridgehead atoms. The molecule has 1 fully saturated rings. The second-order valence-corrected chi connectivity index (χ2v) is 5.78. The maximum absolute atomic E-state index is 12.5. The van der Waals surface area contributed by atoms with Crippen LogP contribution >= 0.6 is 0 Å². The minimum absolute atomic E-state index is 0.614. The molecule has 0 aromatic heterocycles. The molecule has 3 rings (SSSR count). The third-order valence-electron chi connectivity index (χ3n) is 4.44. The smallest absolute Gasteiger partial charge is 0.342 e. The number of halogens is 3. The number of fused-ring (bicyclic) bond motifs is 2. The molecule has 0 amide bonds. The van der Waals surface area contributed by atoms with E-state index in [4.69, 9.17) is 14.7 Å². The molecule has 1 aromatic rings. The molecule has 0 radical (unpaired) electrons. The molecule has 2 unspecified atom stereocenters. The van der Waals surface area contributed by atoms with Crippen molar-refractivity contribution >= 4 is 0 Å². The minimum atomic E-state index is -4.43. The molecule has 4 nitrogen and oxygen atoms in total. The van der Waals surface area contributed by atoms with Gasteiger partial charge < -0.3 is 9.47 Å². The van der Waals surface area contributed by atoms with Gasteiger partial charge in [0.25, 0.3) is 0 Å². The van der Waals surface area contributed by atoms with Crippen molar-refractivity contribution in [2.75, 3.05) is 6.61 Å². The van der Waals surface area contributed by atoms with Crippen LogP contribution in [0.1, 0.15) is 43.1 Å². The second-order valence-electron chi connectivity index (χ2n) is 5.78. The van der Waals surface area contributed by atoms with Gasteiger partial charge in [-0.3, -0.25) is 0 Å². The van der Waals surface area contributed by atoms with Gasteiger partial charge >= 0.3 is 6.18 Å². The molecule has 1 aromatic carbocycles. The lowest BCUT2D eigenvalue weighted by Crippen LogP contribution is -2.47. The van der Waals surface area contributed by atoms with Gasteiger partial charge in [-0.2, -0.15) is 13.2 Å². The predicted molar refractivity (Wildman–Crippen MR) is 69.9 cm³/mol. The van der Waals surface area contributed by atoms with E-state index >= 15 is 0 Å². The van der Waals surface area contributed by atoms with E-state index < -0.39 is 30.8 Å². The van der Waals surface area contributed by atoms with Crippen molar-refractivity contribution in [2.45, 2.75) is 49.9 Å². The number of ether oxygens (including phenoxy) is 2. The Kier molecular flexibility index (Phi) is 4.15. The summed E-state index contributed by atoms with van der Waals surface area (Å²) in [6.45, 7) is -1.39. The molecule has 2 aliphatic rings. The Bertz CT molecular complexity index is 526. The molecule has 1 spiro atoms. The van der Waals surface area contributed by atoms with Crippen LogP contribution in [0.2, 0.25) is 0 Å². The first-order chi connectivity index (χ1) is 10.5. The Morgan fingerprint density at radius 2 is 1.91 bits per heavy atom. The van der Waals surface area contributed by atoms with Gasteiger partial charge in [-0.05, 0) is 18.4 Å². The third kappa shape index (κ3) is 2.74. The Balaban J connectivity index is 1.96. The van der Waals surface area contributed by atoms with E-state index in [2.05, 4.69) is 4.89 Å². The summed E-state index contributed by atoms with van der Waals surface area (Å²) in [5, 5.41) is 9.01. The summed E-state index contributed by atoms with van der Waals surface area (Å²) < 4.78 is 48.0. The molecule has 1 heterocycles.